The number of sulfonamides is 1. The number of likely N-dealkylation sites (N-methyl/N-ethyl adjacent to an activating group) is 1. The van der Waals surface area contributed by atoms with Gasteiger partial charge in [-0.2, -0.15) is 10.1 Å². The van der Waals surface area contributed by atoms with Gasteiger partial charge in [-0.05, 0) is 31.7 Å². The van der Waals surface area contributed by atoms with Crippen molar-refractivity contribution in [3.8, 4) is 22.9 Å². The van der Waals surface area contributed by atoms with Crippen molar-refractivity contribution in [1.82, 2.24) is 24.6 Å². The van der Waals surface area contributed by atoms with Crippen molar-refractivity contribution < 1.29 is 13.2 Å². The summed E-state index contributed by atoms with van der Waals surface area (Å²) in [7, 11) is -0.240. The summed E-state index contributed by atoms with van der Waals surface area (Å²) in [4.78, 5) is 13.3. The molecule has 198 valence electrons. The summed E-state index contributed by atoms with van der Waals surface area (Å²) in [6.45, 7) is 5.53. The number of halogens is 1. The van der Waals surface area contributed by atoms with E-state index in [1.807, 2.05) is 43.3 Å². The maximum Gasteiger partial charge on any atom is 0.267 e. The lowest BCUT2D eigenvalue weighted by atomic mass is 10.1. The van der Waals surface area contributed by atoms with Crippen LogP contribution in [-0.4, -0.2) is 66.3 Å². The molecule has 1 aliphatic heterocycles. The van der Waals surface area contributed by atoms with Crippen LogP contribution in [0.4, 0.5) is 11.6 Å². The molecular weight excluding hydrogens is 526 g/mol. The Labute approximate surface area is 226 Å². The normalized spacial score (nSPS) is 14.5. The van der Waals surface area contributed by atoms with Gasteiger partial charge in [-0.25, -0.2) is 18.1 Å². The Hall–Kier alpha value is -3.67. The molecule has 1 saturated heterocycles. The molecular formula is C26H28ClN7O3S. The highest BCUT2D eigenvalue weighted by Gasteiger charge is 2.22. The van der Waals surface area contributed by atoms with Crippen LogP contribution in [0.15, 0.2) is 65.8 Å². The number of piperazine rings is 1. The summed E-state index contributed by atoms with van der Waals surface area (Å²) in [6, 6.07) is 14.9. The summed E-state index contributed by atoms with van der Waals surface area (Å²) >= 11 is 6.79. The second kappa shape index (κ2) is 10.6. The van der Waals surface area contributed by atoms with Crippen molar-refractivity contribution in [1.29, 1.82) is 0 Å². The quantitative estimate of drug-likeness (QED) is 0.363. The molecule has 0 spiro atoms. The summed E-state index contributed by atoms with van der Waals surface area (Å²) in [5.41, 5.74) is 3.17. The van der Waals surface area contributed by atoms with Crippen molar-refractivity contribution >= 4 is 33.3 Å². The average Bonchev–Trinajstić information content (AvgIpc) is 3.33. The number of rotatable bonds is 7. The third-order valence-corrected chi connectivity index (χ3v) is 8.00. The Morgan fingerprint density at radius 1 is 1.00 bits per heavy atom. The largest absolute Gasteiger partial charge is 0.437 e. The molecule has 38 heavy (non-hydrogen) atoms. The molecule has 0 atom stereocenters. The van der Waals surface area contributed by atoms with Crippen molar-refractivity contribution in [2.45, 2.75) is 11.8 Å². The van der Waals surface area contributed by atoms with Crippen molar-refractivity contribution in [2.24, 2.45) is 7.05 Å². The highest BCUT2D eigenvalue weighted by Crippen LogP contribution is 2.38. The van der Waals surface area contributed by atoms with E-state index in [4.69, 9.17) is 16.3 Å². The Balaban J connectivity index is 1.51. The van der Waals surface area contributed by atoms with Gasteiger partial charge in [0.25, 0.3) is 10.0 Å². The third-order valence-electron chi connectivity index (χ3n) is 6.34. The minimum Gasteiger partial charge on any atom is -0.437 e. The predicted octanol–water partition coefficient (Wildman–Crippen LogP) is 4.18. The second-order valence-electron chi connectivity index (χ2n) is 9.17. The van der Waals surface area contributed by atoms with E-state index < -0.39 is 10.0 Å². The molecule has 1 N–H and O–H groups in total. The van der Waals surface area contributed by atoms with Gasteiger partial charge in [0.15, 0.2) is 0 Å². The van der Waals surface area contributed by atoms with Crippen LogP contribution >= 0.6 is 11.6 Å². The van der Waals surface area contributed by atoms with E-state index in [9.17, 15) is 8.42 Å². The van der Waals surface area contributed by atoms with Gasteiger partial charge in [0, 0.05) is 51.1 Å². The molecule has 0 unspecified atom stereocenters. The zero-order valence-electron chi connectivity index (χ0n) is 21.3. The lowest BCUT2D eigenvalue weighted by Crippen LogP contribution is -2.44. The molecule has 12 heteroatoms. The van der Waals surface area contributed by atoms with Crippen LogP contribution in [0.3, 0.4) is 0 Å². The first-order chi connectivity index (χ1) is 18.2. The van der Waals surface area contributed by atoms with E-state index >= 15 is 0 Å². The maximum atomic E-state index is 13.0. The number of aryl methyl sites for hydroxylation is 2. The molecule has 0 radical (unpaired) electrons. The zero-order chi connectivity index (χ0) is 26.9. The van der Waals surface area contributed by atoms with Crippen molar-refractivity contribution in [2.75, 3.05) is 42.8 Å². The molecule has 4 aromatic rings. The van der Waals surface area contributed by atoms with Crippen LogP contribution in [-0.2, 0) is 17.1 Å². The lowest BCUT2D eigenvalue weighted by molar-refractivity contribution is 0.313. The first-order valence-electron chi connectivity index (χ1n) is 12.1. The van der Waals surface area contributed by atoms with E-state index in [2.05, 4.69) is 36.6 Å². The van der Waals surface area contributed by atoms with E-state index in [1.54, 1.807) is 19.2 Å². The fraction of sp³-hybridized carbons (Fsp3) is 0.269. The van der Waals surface area contributed by atoms with Gasteiger partial charge < -0.3 is 14.5 Å². The number of benzene rings is 2. The van der Waals surface area contributed by atoms with Gasteiger partial charge in [-0.15, -0.1) is 0 Å². The molecule has 5 rings (SSSR count). The molecule has 0 amide bonds. The van der Waals surface area contributed by atoms with Crippen LogP contribution in [0.5, 0.6) is 11.6 Å². The van der Waals surface area contributed by atoms with Gasteiger partial charge >= 0.3 is 0 Å². The fourth-order valence-corrected chi connectivity index (χ4v) is 5.43. The monoisotopic (exact) mass is 553 g/mol. The predicted molar refractivity (Wildman–Crippen MR) is 147 cm³/mol. The van der Waals surface area contributed by atoms with E-state index in [0.717, 1.165) is 43.0 Å². The SMILES string of the molecule is Cc1ccccc1-c1cc(Oc2cccc(N3CCN(C)CC3)c2Cl)nc(NS(=O)(=O)c2cnn(C)c2)n1. The number of hydrogen-bond acceptors (Lipinski definition) is 8. The molecule has 0 bridgehead atoms. The minimum absolute atomic E-state index is 0.00437. The molecule has 1 fully saturated rings. The number of ether oxygens (including phenoxy) is 1. The Morgan fingerprint density at radius 3 is 2.47 bits per heavy atom. The standard InChI is InChI=1S/C26H28ClN7O3S/c1-18-7-4-5-8-20(18)21-15-24(30-26(29-21)31-38(35,36)19-16-28-33(3)17-19)37-23-10-6-9-22(25(23)27)34-13-11-32(2)12-14-34/h4-10,15-17H,11-14H2,1-3H3,(H,29,30,31). The average molecular weight is 554 g/mol. The van der Waals surface area contributed by atoms with Gasteiger partial charge in [-0.3, -0.25) is 4.68 Å². The third kappa shape index (κ3) is 5.59. The van der Waals surface area contributed by atoms with Gasteiger partial charge in [0.05, 0.1) is 17.6 Å². The van der Waals surface area contributed by atoms with Gasteiger partial charge in [-0.1, -0.05) is 41.9 Å². The van der Waals surface area contributed by atoms with Crippen LogP contribution in [0.1, 0.15) is 5.56 Å². The summed E-state index contributed by atoms with van der Waals surface area (Å²) in [6.07, 6.45) is 2.66. The van der Waals surface area contributed by atoms with Crippen LogP contribution in [0, 0.1) is 6.92 Å². The Kier molecular flexibility index (Phi) is 7.24. The molecule has 2 aromatic carbocycles. The van der Waals surface area contributed by atoms with Crippen LogP contribution < -0.4 is 14.4 Å². The summed E-state index contributed by atoms with van der Waals surface area (Å²) in [5.74, 6) is 0.439. The molecule has 0 aliphatic carbocycles. The van der Waals surface area contributed by atoms with E-state index in [1.165, 1.54) is 17.1 Å². The Morgan fingerprint density at radius 2 is 1.76 bits per heavy atom. The second-order valence-corrected chi connectivity index (χ2v) is 11.2. The number of nitrogens with one attached hydrogen (secondary N) is 1. The molecule has 0 saturated carbocycles. The minimum atomic E-state index is -3.98. The highest BCUT2D eigenvalue weighted by molar-refractivity contribution is 7.92. The van der Waals surface area contributed by atoms with E-state index in [-0.39, 0.29) is 16.7 Å². The summed E-state index contributed by atoms with van der Waals surface area (Å²) in [5, 5.41) is 4.41. The zero-order valence-corrected chi connectivity index (χ0v) is 22.9. The fourth-order valence-electron chi connectivity index (χ4n) is 4.22. The number of aromatic nitrogens is 4. The number of hydrogen-bond donors (Lipinski definition) is 1. The lowest BCUT2D eigenvalue weighted by Gasteiger charge is -2.34. The molecule has 2 aromatic heterocycles. The van der Waals surface area contributed by atoms with E-state index in [0.29, 0.717) is 16.5 Å². The smallest absolute Gasteiger partial charge is 0.267 e. The topological polar surface area (TPSA) is 105 Å². The maximum absolute atomic E-state index is 13.0. The molecule has 3 heterocycles. The summed E-state index contributed by atoms with van der Waals surface area (Å²) < 4.78 is 36.0. The Bertz CT molecular complexity index is 1570. The van der Waals surface area contributed by atoms with Crippen molar-refractivity contribution in [3.05, 3.63) is 71.5 Å². The molecule has 10 nitrogen and oxygen atoms in total. The van der Waals surface area contributed by atoms with Gasteiger partial charge in [0.1, 0.15) is 15.7 Å². The van der Waals surface area contributed by atoms with Crippen LogP contribution in [0.25, 0.3) is 11.3 Å². The van der Waals surface area contributed by atoms with Gasteiger partial charge in [0.2, 0.25) is 11.8 Å². The number of anilines is 2. The first-order valence-corrected chi connectivity index (χ1v) is 13.9. The van der Waals surface area contributed by atoms with Crippen LogP contribution in [0.2, 0.25) is 5.02 Å². The molecule has 1 aliphatic rings. The highest BCUT2D eigenvalue weighted by atomic mass is 35.5. The number of nitrogens with zero attached hydrogens (tertiary/aromatic N) is 6. The first kappa shape index (κ1) is 26.0. The van der Waals surface area contributed by atoms with Crippen molar-refractivity contribution in [3.63, 3.8) is 0 Å².